The fourth-order valence-electron chi connectivity index (χ4n) is 4.36. The van der Waals surface area contributed by atoms with Gasteiger partial charge in [-0.2, -0.15) is 13.1 Å². The van der Waals surface area contributed by atoms with Crippen LogP contribution in [0.4, 0.5) is 14.5 Å². The lowest BCUT2D eigenvalue weighted by Gasteiger charge is -2.36. The van der Waals surface area contributed by atoms with E-state index >= 15 is 0 Å². The van der Waals surface area contributed by atoms with Gasteiger partial charge in [-0.25, -0.2) is 8.42 Å². The summed E-state index contributed by atoms with van der Waals surface area (Å²) in [5.41, 5.74) is 2.49. The molecule has 0 unspecified atom stereocenters. The van der Waals surface area contributed by atoms with Gasteiger partial charge in [-0.3, -0.25) is 9.69 Å². The van der Waals surface area contributed by atoms with Gasteiger partial charge in [-0.1, -0.05) is 18.2 Å². The van der Waals surface area contributed by atoms with Crippen molar-refractivity contribution in [3.05, 3.63) is 53.6 Å². The maximum atomic E-state index is 13.1. The smallest absolute Gasteiger partial charge is 0.387 e. The highest BCUT2D eigenvalue weighted by Crippen LogP contribution is 2.28. The molecule has 0 saturated carbocycles. The minimum absolute atomic E-state index is 0.113. The van der Waals surface area contributed by atoms with Crippen molar-refractivity contribution < 1.29 is 26.7 Å². The predicted molar refractivity (Wildman–Crippen MR) is 120 cm³/mol. The summed E-state index contributed by atoms with van der Waals surface area (Å²) in [5, 5.41) is 2.63. The molecule has 1 saturated heterocycles. The molecule has 1 amide bonds. The van der Waals surface area contributed by atoms with Gasteiger partial charge in [-0.15, -0.1) is 0 Å². The first kappa shape index (κ1) is 23.6. The van der Waals surface area contributed by atoms with Crippen LogP contribution >= 0.6 is 0 Å². The maximum Gasteiger partial charge on any atom is 0.387 e. The van der Waals surface area contributed by atoms with Crippen LogP contribution < -0.4 is 10.1 Å². The zero-order chi connectivity index (χ0) is 23.6. The van der Waals surface area contributed by atoms with E-state index in [4.69, 9.17) is 0 Å². The van der Waals surface area contributed by atoms with Crippen LogP contribution in [0.5, 0.6) is 5.75 Å². The van der Waals surface area contributed by atoms with Crippen molar-refractivity contribution in [2.75, 3.05) is 31.5 Å². The number of nitrogens with zero attached hydrogens (tertiary/aromatic N) is 2. The molecule has 0 radical (unpaired) electrons. The molecule has 1 fully saturated rings. The second-order valence-electron chi connectivity index (χ2n) is 8.26. The van der Waals surface area contributed by atoms with E-state index in [2.05, 4.69) is 10.1 Å². The summed E-state index contributed by atoms with van der Waals surface area (Å²) in [4.78, 5) is 14.9. The van der Waals surface area contributed by atoms with Gasteiger partial charge in [0.05, 0.1) is 16.6 Å². The van der Waals surface area contributed by atoms with Crippen LogP contribution in [0.2, 0.25) is 0 Å². The van der Waals surface area contributed by atoms with Crippen LogP contribution in [0, 0.1) is 0 Å². The highest BCUT2D eigenvalue weighted by molar-refractivity contribution is 7.89. The second kappa shape index (κ2) is 9.74. The van der Waals surface area contributed by atoms with Crippen LogP contribution in [0.1, 0.15) is 24.5 Å². The predicted octanol–water partition coefficient (Wildman–Crippen LogP) is 3.11. The van der Waals surface area contributed by atoms with Gasteiger partial charge in [0.2, 0.25) is 15.9 Å². The zero-order valence-corrected chi connectivity index (χ0v) is 19.2. The molecule has 0 bridgehead atoms. The number of hydrogen-bond acceptors (Lipinski definition) is 5. The molecule has 2 aromatic rings. The number of halogens is 2. The van der Waals surface area contributed by atoms with Crippen LogP contribution in [0.3, 0.4) is 0 Å². The highest BCUT2D eigenvalue weighted by atomic mass is 32.2. The molecule has 4 rings (SSSR count). The number of alkyl halides is 2. The Morgan fingerprint density at radius 3 is 2.45 bits per heavy atom. The molecular weight excluding hydrogens is 452 g/mol. The fourth-order valence-corrected chi connectivity index (χ4v) is 5.83. The Kier molecular flexibility index (Phi) is 6.96. The molecule has 2 aromatic carbocycles. The van der Waals surface area contributed by atoms with Crippen molar-refractivity contribution in [1.82, 2.24) is 9.21 Å². The number of fused-ring (bicyclic) bond motifs is 1. The van der Waals surface area contributed by atoms with Gasteiger partial charge in [0, 0.05) is 26.2 Å². The third kappa shape index (κ3) is 5.18. The molecule has 10 heteroatoms. The van der Waals surface area contributed by atoms with E-state index in [1.807, 2.05) is 11.0 Å². The van der Waals surface area contributed by atoms with E-state index in [-0.39, 0.29) is 30.4 Å². The van der Waals surface area contributed by atoms with Crippen molar-refractivity contribution in [2.24, 2.45) is 0 Å². The summed E-state index contributed by atoms with van der Waals surface area (Å²) >= 11 is 0. The summed E-state index contributed by atoms with van der Waals surface area (Å²) in [5.74, 6) is -0.492. The second-order valence-corrected chi connectivity index (χ2v) is 10.2. The SMILES string of the molecule is C[C@H](C(=O)Nc1ccccc1OC(F)F)N1CCN(S(=O)(=O)c2ccc3c(c2)CCC3)CC1. The summed E-state index contributed by atoms with van der Waals surface area (Å²) in [6.07, 6.45) is 2.95. The highest BCUT2D eigenvalue weighted by Gasteiger charge is 2.32. The molecule has 1 atom stereocenters. The van der Waals surface area contributed by atoms with Crippen LogP contribution in [-0.4, -0.2) is 62.4 Å². The summed E-state index contributed by atoms with van der Waals surface area (Å²) < 4.78 is 57.4. The molecule has 1 aliphatic heterocycles. The average molecular weight is 480 g/mol. The molecule has 33 heavy (non-hydrogen) atoms. The number of aryl methyl sites for hydroxylation is 2. The monoisotopic (exact) mass is 479 g/mol. The molecule has 1 aliphatic carbocycles. The van der Waals surface area contributed by atoms with Crippen molar-refractivity contribution in [2.45, 2.75) is 43.7 Å². The average Bonchev–Trinajstić information content (AvgIpc) is 3.27. The lowest BCUT2D eigenvalue weighted by molar-refractivity contribution is -0.121. The summed E-state index contributed by atoms with van der Waals surface area (Å²) in [6.45, 7) is 0.00375. The number of ether oxygens (including phenoxy) is 1. The molecule has 1 N–H and O–H groups in total. The third-order valence-corrected chi connectivity index (χ3v) is 8.16. The molecule has 2 aliphatic rings. The van der Waals surface area contributed by atoms with Crippen molar-refractivity contribution in [3.63, 3.8) is 0 Å². The van der Waals surface area contributed by atoms with Crippen molar-refractivity contribution >= 4 is 21.6 Å². The zero-order valence-electron chi connectivity index (χ0n) is 18.3. The Bertz CT molecular complexity index is 1120. The minimum Gasteiger partial charge on any atom is -0.433 e. The van der Waals surface area contributed by atoms with Gasteiger partial charge in [0.1, 0.15) is 5.75 Å². The van der Waals surface area contributed by atoms with Crippen LogP contribution in [0.15, 0.2) is 47.4 Å². The first-order chi connectivity index (χ1) is 15.8. The molecule has 1 heterocycles. The Morgan fingerprint density at radius 2 is 1.73 bits per heavy atom. The van der Waals surface area contributed by atoms with Gasteiger partial charge in [0.25, 0.3) is 0 Å². The number of nitrogens with one attached hydrogen (secondary N) is 1. The van der Waals surface area contributed by atoms with E-state index in [9.17, 15) is 22.0 Å². The number of amides is 1. The lowest BCUT2D eigenvalue weighted by Crippen LogP contribution is -2.53. The summed E-state index contributed by atoms with van der Waals surface area (Å²) in [7, 11) is -3.60. The maximum absolute atomic E-state index is 13.1. The van der Waals surface area contributed by atoms with Crippen LogP contribution in [0.25, 0.3) is 0 Å². The number of carbonyl (C=O) groups excluding carboxylic acids is 1. The molecular formula is C23H27F2N3O4S. The van der Waals surface area contributed by atoms with E-state index in [0.717, 1.165) is 24.8 Å². The third-order valence-electron chi connectivity index (χ3n) is 6.27. The number of para-hydroxylation sites is 2. The minimum atomic E-state index is -3.60. The Labute approximate surface area is 192 Å². The van der Waals surface area contributed by atoms with Gasteiger partial charge in [-0.05, 0) is 61.6 Å². The number of carbonyl (C=O) groups is 1. The number of benzene rings is 2. The lowest BCUT2D eigenvalue weighted by atomic mass is 10.1. The van der Waals surface area contributed by atoms with Crippen LogP contribution in [-0.2, 0) is 27.7 Å². The van der Waals surface area contributed by atoms with Gasteiger partial charge in [0.15, 0.2) is 0 Å². The van der Waals surface area contributed by atoms with Gasteiger partial charge < -0.3 is 10.1 Å². The Hall–Kier alpha value is -2.56. The summed E-state index contributed by atoms with van der Waals surface area (Å²) in [6, 6.07) is 10.8. The van der Waals surface area contributed by atoms with E-state index < -0.39 is 22.7 Å². The molecule has 178 valence electrons. The molecule has 0 aromatic heterocycles. The standard InChI is InChI=1S/C23H27F2N3O4S/c1-16(22(29)26-20-7-2-3-8-21(20)32-23(24)25)27-11-13-28(14-12-27)33(30,31)19-10-9-17-5-4-6-18(17)15-19/h2-3,7-10,15-16,23H,4-6,11-14H2,1H3,(H,26,29)/t16-/m1/s1. The number of piperazine rings is 1. The van der Waals surface area contributed by atoms with E-state index in [1.165, 1.54) is 28.1 Å². The quantitative estimate of drug-likeness (QED) is 0.660. The fraction of sp³-hybridized carbons (Fsp3) is 0.435. The number of rotatable bonds is 7. The largest absolute Gasteiger partial charge is 0.433 e. The Balaban J connectivity index is 1.37. The first-order valence-corrected chi connectivity index (χ1v) is 12.4. The topological polar surface area (TPSA) is 79.0 Å². The first-order valence-electron chi connectivity index (χ1n) is 11.0. The Morgan fingerprint density at radius 1 is 1.03 bits per heavy atom. The molecule has 7 nitrogen and oxygen atoms in total. The van der Waals surface area contributed by atoms with Crippen molar-refractivity contribution in [1.29, 1.82) is 0 Å². The van der Waals surface area contributed by atoms with Gasteiger partial charge >= 0.3 is 6.61 Å². The normalized spacial score (nSPS) is 18.2. The number of hydrogen-bond donors (Lipinski definition) is 1. The van der Waals surface area contributed by atoms with Crippen molar-refractivity contribution in [3.8, 4) is 5.75 Å². The molecule has 0 spiro atoms. The van der Waals surface area contributed by atoms with E-state index in [0.29, 0.717) is 18.0 Å². The van der Waals surface area contributed by atoms with E-state index in [1.54, 1.807) is 25.1 Å². The number of sulfonamides is 1. The number of anilines is 1.